The number of carboxylic acid groups (broad SMARTS) is 1. The molecule has 0 aromatic carbocycles. The Labute approximate surface area is 111 Å². The molecule has 1 saturated carbocycles. The van der Waals surface area contributed by atoms with Crippen molar-refractivity contribution >= 4 is 11.9 Å². The monoisotopic (exact) mass is 263 g/mol. The number of rotatable bonds is 2. The highest BCUT2D eigenvalue weighted by molar-refractivity contribution is 5.95. The zero-order valence-corrected chi connectivity index (χ0v) is 10.6. The summed E-state index contributed by atoms with van der Waals surface area (Å²) in [5.74, 6) is -0.632. The van der Waals surface area contributed by atoms with Crippen molar-refractivity contribution in [3.8, 4) is 0 Å². The first-order valence-corrected chi connectivity index (χ1v) is 6.77. The van der Waals surface area contributed by atoms with Gasteiger partial charge < -0.3 is 14.4 Å². The minimum atomic E-state index is -0.908. The average Bonchev–Trinajstić information content (AvgIpc) is 3.05. The van der Waals surface area contributed by atoms with Gasteiger partial charge in [0.25, 0.3) is 5.91 Å². The highest BCUT2D eigenvalue weighted by atomic mass is 16.4. The molecule has 19 heavy (non-hydrogen) atoms. The predicted octanol–water partition coefficient (Wildman–Crippen LogP) is 2.14. The van der Waals surface area contributed by atoms with Crippen LogP contribution in [0.25, 0.3) is 0 Å². The Morgan fingerprint density at radius 3 is 2.79 bits per heavy atom. The van der Waals surface area contributed by atoms with Crippen LogP contribution >= 0.6 is 0 Å². The SMILES string of the molecule is O=C(O)C1CC2CCCCC2N1C(=O)c1ccco1. The van der Waals surface area contributed by atoms with E-state index in [2.05, 4.69) is 0 Å². The van der Waals surface area contributed by atoms with Gasteiger partial charge >= 0.3 is 5.97 Å². The van der Waals surface area contributed by atoms with Gasteiger partial charge in [-0.2, -0.15) is 0 Å². The van der Waals surface area contributed by atoms with Crippen LogP contribution in [0.2, 0.25) is 0 Å². The normalized spacial score (nSPS) is 30.1. The number of fused-ring (bicyclic) bond motifs is 1. The van der Waals surface area contributed by atoms with Gasteiger partial charge in [-0.15, -0.1) is 0 Å². The van der Waals surface area contributed by atoms with Crippen molar-refractivity contribution in [3.63, 3.8) is 0 Å². The molecule has 0 radical (unpaired) electrons. The Kier molecular flexibility index (Phi) is 3.05. The quantitative estimate of drug-likeness (QED) is 0.887. The lowest BCUT2D eigenvalue weighted by atomic mass is 9.84. The lowest BCUT2D eigenvalue weighted by Crippen LogP contribution is -2.46. The molecular formula is C14H17NO4. The summed E-state index contributed by atoms with van der Waals surface area (Å²) in [6.07, 6.45) is 6.15. The maximum Gasteiger partial charge on any atom is 0.326 e. The van der Waals surface area contributed by atoms with Gasteiger partial charge in [0.15, 0.2) is 5.76 Å². The van der Waals surface area contributed by atoms with Gasteiger partial charge in [0, 0.05) is 6.04 Å². The minimum absolute atomic E-state index is 0.0625. The standard InChI is InChI=1S/C14H17NO4/c16-13(12-6-3-7-19-12)15-10-5-2-1-4-9(10)8-11(15)14(17)18/h3,6-7,9-11H,1-2,4-5,8H2,(H,17,18). The molecule has 1 amide bonds. The van der Waals surface area contributed by atoms with E-state index in [1.807, 2.05) is 0 Å². The molecule has 1 aromatic rings. The fourth-order valence-electron chi connectivity index (χ4n) is 3.50. The van der Waals surface area contributed by atoms with Crippen LogP contribution in [-0.2, 0) is 4.79 Å². The summed E-state index contributed by atoms with van der Waals surface area (Å²) in [4.78, 5) is 25.4. The molecule has 3 unspecified atom stereocenters. The first-order valence-electron chi connectivity index (χ1n) is 6.77. The maximum absolute atomic E-state index is 12.4. The van der Waals surface area contributed by atoms with Gasteiger partial charge in [-0.05, 0) is 37.3 Å². The largest absolute Gasteiger partial charge is 0.480 e. The molecule has 2 aliphatic rings. The summed E-state index contributed by atoms with van der Waals surface area (Å²) in [6.45, 7) is 0. The predicted molar refractivity (Wildman–Crippen MR) is 66.7 cm³/mol. The van der Waals surface area contributed by atoms with E-state index >= 15 is 0 Å². The highest BCUT2D eigenvalue weighted by Crippen LogP contribution is 2.40. The summed E-state index contributed by atoms with van der Waals surface area (Å²) >= 11 is 0. The first kappa shape index (κ1) is 12.3. The summed E-state index contributed by atoms with van der Waals surface area (Å²) in [5.41, 5.74) is 0. The summed E-state index contributed by atoms with van der Waals surface area (Å²) in [5, 5.41) is 9.35. The van der Waals surface area contributed by atoms with Gasteiger partial charge in [0.05, 0.1) is 6.26 Å². The molecule has 1 aliphatic carbocycles. The number of nitrogens with zero attached hydrogens (tertiary/aromatic N) is 1. The number of furan rings is 1. The smallest absolute Gasteiger partial charge is 0.326 e. The third-order valence-electron chi connectivity index (χ3n) is 4.34. The minimum Gasteiger partial charge on any atom is -0.480 e. The van der Waals surface area contributed by atoms with Crippen LogP contribution in [-0.4, -0.2) is 34.0 Å². The molecule has 3 rings (SSSR count). The number of likely N-dealkylation sites (tertiary alicyclic amines) is 1. The van der Waals surface area contributed by atoms with Crippen molar-refractivity contribution in [2.45, 2.75) is 44.2 Å². The van der Waals surface area contributed by atoms with E-state index in [0.717, 1.165) is 25.7 Å². The summed E-state index contributed by atoms with van der Waals surface area (Å²) in [6, 6.07) is 2.60. The maximum atomic E-state index is 12.4. The van der Waals surface area contributed by atoms with Crippen molar-refractivity contribution in [3.05, 3.63) is 24.2 Å². The second-order valence-corrected chi connectivity index (χ2v) is 5.39. The van der Waals surface area contributed by atoms with Crippen LogP contribution in [0.15, 0.2) is 22.8 Å². The molecule has 102 valence electrons. The van der Waals surface area contributed by atoms with Crippen molar-refractivity contribution < 1.29 is 19.1 Å². The van der Waals surface area contributed by atoms with E-state index in [1.165, 1.54) is 6.26 Å². The molecule has 5 nitrogen and oxygen atoms in total. The first-order chi connectivity index (χ1) is 9.18. The number of amides is 1. The molecule has 3 atom stereocenters. The molecular weight excluding hydrogens is 246 g/mol. The van der Waals surface area contributed by atoms with Crippen LogP contribution < -0.4 is 0 Å². The third kappa shape index (κ3) is 2.03. The van der Waals surface area contributed by atoms with E-state index in [0.29, 0.717) is 12.3 Å². The van der Waals surface area contributed by atoms with E-state index in [9.17, 15) is 14.7 Å². The highest BCUT2D eigenvalue weighted by Gasteiger charge is 2.48. The van der Waals surface area contributed by atoms with Gasteiger partial charge in [-0.3, -0.25) is 4.79 Å². The molecule has 1 aliphatic heterocycles. The number of carbonyl (C=O) groups excluding carboxylic acids is 1. The fourth-order valence-corrected chi connectivity index (χ4v) is 3.50. The van der Waals surface area contributed by atoms with E-state index in [1.54, 1.807) is 17.0 Å². The Morgan fingerprint density at radius 2 is 2.11 bits per heavy atom. The number of aliphatic carboxylic acids is 1. The van der Waals surface area contributed by atoms with Gasteiger partial charge in [-0.25, -0.2) is 4.79 Å². The number of carbonyl (C=O) groups is 2. The van der Waals surface area contributed by atoms with Crippen molar-refractivity contribution in [2.24, 2.45) is 5.92 Å². The van der Waals surface area contributed by atoms with Crippen molar-refractivity contribution in [2.75, 3.05) is 0 Å². The van der Waals surface area contributed by atoms with Gasteiger partial charge in [0.2, 0.25) is 0 Å². The lowest BCUT2D eigenvalue weighted by Gasteiger charge is -2.32. The molecule has 0 bridgehead atoms. The van der Waals surface area contributed by atoms with Crippen molar-refractivity contribution in [1.29, 1.82) is 0 Å². The van der Waals surface area contributed by atoms with E-state index < -0.39 is 12.0 Å². The second-order valence-electron chi connectivity index (χ2n) is 5.39. The van der Waals surface area contributed by atoms with E-state index in [-0.39, 0.29) is 17.7 Å². The van der Waals surface area contributed by atoms with Crippen LogP contribution in [0.5, 0.6) is 0 Å². The third-order valence-corrected chi connectivity index (χ3v) is 4.34. The van der Waals surface area contributed by atoms with Gasteiger partial charge in [0.1, 0.15) is 6.04 Å². The molecule has 2 heterocycles. The van der Waals surface area contributed by atoms with Crippen LogP contribution in [0, 0.1) is 5.92 Å². The Balaban J connectivity index is 1.90. The second kappa shape index (κ2) is 4.72. The van der Waals surface area contributed by atoms with Crippen LogP contribution in [0.1, 0.15) is 42.7 Å². The Morgan fingerprint density at radius 1 is 1.32 bits per heavy atom. The molecule has 1 N–H and O–H groups in total. The van der Waals surface area contributed by atoms with Crippen molar-refractivity contribution in [1.82, 2.24) is 4.90 Å². The van der Waals surface area contributed by atoms with Crippen LogP contribution in [0.4, 0.5) is 0 Å². The number of carboxylic acids is 1. The molecule has 5 heteroatoms. The zero-order valence-electron chi connectivity index (χ0n) is 10.6. The average molecular weight is 263 g/mol. The van der Waals surface area contributed by atoms with E-state index in [4.69, 9.17) is 4.42 Å². The fraction of sp³-hybridized carbons (Fsp3) is 0.571. The number of hydrogen-bond donors (Lipinski definition) is 1. The lowest BCUT2D eigenvalue weighted by molar-refractivity contribution is -0.141. The summed E-state index contributed by atoms with van der Waals surface area (Å²) < 4.78 is 5.13. The molecule has 1 aromatic heterocycles. The Hall–Kier alpha value is -1.78. The molecule has 1 saturated heterocycles. The number of hydrogen-bond acceptors (Lipinski definition) is 3. The zero-order chi connectivity index (χ0) is 13.4. The Bertz CT molecular complexity index is 482. The molecule has 0 spiro atoms. The topological polar surface area (TPSA) is 70.8 Å². The molecule has 2 fully saturated rings. The summed E-state index contributed by atoms with van der Waals surface area (Å²) in [7, 11) is 0. The van der Waals surface area contributed by atoms with Crippen LogP contribution in [0.3, 0.4) is 0 Å². The van der Waals surface area contributed by atoms with Gasteiger partial charge in [-0.1, -0.05) is 12.8 Å².